The van der Waals surface area contributed by atoms with E-state index in [2.05, 4.69) is 96.1 Å². The van der Waals surface area contributed by atoms with Crippen molar-refractivity contribution in [2.45, 2.75) is 77.1 Å². The van der Waals surface area contributed by atoms with Crippen LogP contribution < -0.4 is 0 Å². The van der Waals surface area contributed by atoms with Crippen LogP contribution in [0.15, 0.2) is 59.5 Å². The number of aryl methyl sites for hydroxylation is 2. The van der Waals surface area contributed by atoms with Crippen LogP contribution in [0.5, 0.6) is 0 Å². The number of thioether (sulfide) groups is 1. The van der Waals surface area contributed by atoms with Crippen molar-refractivity contribution in [3.05, 3.63) is 88.0 Å². The highest BCUT2D eigenvalue weighted by Crippen LogP contribution is 2.43. The van der Waals surface area contributed by atoms with Gasteiger partial charge in [-0.25, -0.2) is 0 Å². The predicted octanol–water partition coefficient (Wildman–Crippen LogP) is 8.56. The summed E-state index contributed by atoms with van der Waals surface area (Å²) in [4.78, 5) is 1.28. The Morgan fingerprint density at radius 2 is 1.26 bits per heavy atom. The first-order valence-electron chi connectivity index (χ1n) is 11.3. The van der Waals surface area contributed by atoms with Gasteiger partial charge in [-0.1, -0.05) is 81.3 Å². The molecule has 31 heavy (non-hydrogen) atoms. The first kappa shape index (κ1) is 23.6. The van der Waals surface area contributed by atoms with Crippen LogP contribution in [0.3, 0.4) is 0 Å². The van der Waals surface area contributed by atoms with Crippen molar-refractivity contribution in [3.63, 3.8) is 0 Å². The molecule has 0 aromatic heterocycles. The van der Waals surface area contributed by atoms with Gasteiger partial charge in [-0.05, 0) is 78.1 Å². The van der Waals surface area contributed by atoms with Crippen LogP contribution in [0.25, 0.3) is 11.1 Å². The molecule has 164 valence electrons. The quantitative estimate of drug-likeness (QED) is 0.377. The summed E-state index contributed by atoms with van der Waals surface area (Å²) in [7, 11) is 0. The highest BCUT2D eigenvalue weighted by molar-refractivity contribution is 7.98. The van der Waals surface area contributed by atoms with E-state index in [-0.39, 0.29) is 0 Å². The third-order valence-electron chi connectivity index (χ3n) is 5.95. The summed E-state index contributed by atoms with van der Waals surface area (Å²) in [6, 6.07) is 19.9. The zero-order valence-corrected chi connectivity index (χ0v) is 20.8. The van der Waals surface area contributed by atoms with Crippen LogP contribution in [0.2, 0.25) is 0 Å². The maximum absolute atomic E-state index is 10.9. The van der Waals surface area contributed by atoms with Gasteiger partial charge in [0.2, 0.25) is 0 Å². The van der Waals surface area contributed by atoms with Crippen LogP contribution in [0.1, 0.15) is 85.9 Å². The van der Waals surface area contributed by atoms with Crippen molar-refractivity contribution in [2.24, 2.45) is 0 Å². The molecule has 0 fully saturated rings. The fraction of sp³-hybridized carbons (Fsp3) is 0.379. The maximum Gasteiger partial charge on any atom is 0.0770 e. The highest BCUT2D eigenvalue weighted by atomic mass is 32.2. The minimum absolute atomic E-state index is 0.352. The fourth-order valence-corrected chi connectivity index (χ4v) is 5.17. The maximum atomic E-state index is 10.9. The van der Waals surface area contributed by atoms with E-state index in [0.29, 0.717) is 11.8 Å². The molecule has 0 aliphatic rings. The van der Waals surface area contributed by atoms with E-state index in [0.717, 1.165) is 11.3 Å². The second-order valence-electron chi connectivity index (χ2n) is 9.28. The van der Waals surface area contributed by atoms with Crippen LogP contribution >= 0.6 is 11.8 Å². The lowest BCUT2D eigenvalue weighted by Gasteiger charge is -2.27. The Bertz CT molecular complexity index is 1010. The highest BCUT2D eigenvalue weighted by Gasteiger charge is 2.24. The second kappa shape index (κ2) is 10.1. The fourth-order valence-electron chi connectivity index (χ4n) is 4.22. The first-order valence-corrected chi connectivity index (χ1v) is 12.3. The van der Waals surface area contributed by atoms with Crippen molar-refractivity contribution in [2.75, 3.05) is 0 Å². The van der Waals surface area contributed by atoms with Gasteiger partial charge in [-0.15, -0.1) is 11.8 Å². The van der Waals surface area contributed by atoms with Crippen LogP contribution in [-0.2, 0) is 5.75 Å². The van der Waals surface area contributed by atoms with Crippen LogP contribution in [-0.4, -0.2) is 5.11 Å². The van der Waals surface area contributed by atoms with Crippen molar-refractivity contribution < 1.29 is 5.11 Å². The van der Waals surface area contributed by atoms with Gasteiger partial charge in [0.25, 0.3) is 0 Å². The van der Waals surface area contributed by atoms with E-state index in [4.69, 9.17) is 0 Å². The van der Waals surface area contributed by atoms with Gasteiger partial charge in [-0.2, -0.15) is 0 Å². The van der Waals surface area contributed by atoms with Gasteiger partial charge >= 0.3 is 0 Å². The molecule has 3 aromatic rings. The molecule has 0 spiro atoms. The van der Waals surface area contributed by atoms with Gasteiger partial charge in [0.1, 0.15) is 0 Å². The predicted molar refractivity (Wildman–Crippen MR) is 136 cm³/mol. The Labute approximate surface area is 192 Å². The molecule has 0 saturated heterocycles. The normalized spacial score (nSPS) is 12.6. The average molecular weight is 433 g/mol. The monoisotopic (exact) mass is 432 g/mol. The third-order valence-corrected chi connectivity index (χ3v) is 6.99. The zero-order chi connectivity index (χ0) is 22.7. The molecule has 0 amide bonds. The van der Waals surface area contributed by atoms with Crippen molar-refractivity contribution in [3.8, 4) is 11.1 Å². The summed E-state index contributed by atoms with van der Waals surface area (Å²) in [5.74, 6) is 1.65. The summed E-state index contributed by atoms with van der Waals surface area (Å²) in [5.41, 5.74) is 10.1. The van der Waals surface area contributed by atoms with Crippen molar-refractivity contribution >= 4 is 11.8 Å². The van der Waals surface area contributed by atoms with Crippen molar-refractivity contribution in [1.82, 2.24) is 0 Å². The van der Waals surface area contributed by atoms with Gasteiger partial charge in [-0.3, -0.25) is 0 Å². The number of hydrogen-bond acceptors (Lipinski definition) is 2. The summed E-state index contributed by atoms with van der Waals surface area (Å²) in [5, 5.41) is 10.9. The molecule has 0 aliphatic carbocycles. The summed E-state index contributed by atoms with van der Waals surface area (Å²) >= 11 is 1.88. The lowest BCUT2D eigenvalue weighted by Crippen LogP contribution is -2.10. The Balaban J connectivity index is 2.25. The lowest BCUT2D eigenvalue weighted by molar-refractivity contribution is 0.198. The molecular weight excluding hydrogens is 396 g/mol. The molecule has 0 radical (unpaired) electrons. The average Bonchev–Trinajstić information content (AvgIpc) is 2.72. The smallest absolute Gasteiger partial charge is 0.0770 e. The van der Waals surface area contributed by atoms with Crippen LogP contribution in [0, 0.1) is 13.8 Å². The first-order chi connectivity index (χ1) is 14.7. The summed E-state index contributed by atoms with van der Waals surface area (Å²) < 4.78 is 0. The standard InChI is InChI=1S/C29H36OS/c1-18(2)25-16-26(19(3)4)28(22(7)30)29(23-12-8-20(5)9-13-23)27(25)17-31-24-14-10-21(6)11-15-24/h8-16,18-19,22,30H,17H2,1-7H3. The van der Waals surface area contributed by atoms with Gasteiger partial charge < -0.3 is 5.11 Å². The number of aliphatic hydroxyl groups is 1. The third kappa shape index (κ3) is 5.42. The summed E-state index contributed by atoms with van der Waals surface area (Å²) in [6.45, 7) is 15.2. The molecule has 0 saturated carbocycles. The Kier molecular flexibility index (Phi) is 7.67. The largest absolute Gasteiger partial charge is 0.389 e. The van der Waals surface area contributed by atoms with Gasteiger partial charge in [0.15, 0.2) is 0 Å². The van der Waals surface area contributed by atoms with E-state index in [9.17, 15) is 5.11 Å². The minimum Gasteiger partial charge on any atom is -0.389 e. The molecule has 1 unspecified atom stereocenters. The molecule has 3 rings (SSSR count). The number of benzene rings is 3. The van der Waals surface area contributed by atoms with E-state index in [1.54, 1.807) is 0 Å². The molecule has 0 aliphatic heterocycles. The van der Waals surface area contributed by atoms with E-state index in [1.165, 1.54) is 43.8 Å². The minimum atomic E-state index is -0.516. The molecule has 0 heterocycles. The van der Waals surface area contributed by atoms with E-state index < -0.39 is 6.10 Å². The summed E-state index contributed by atoms with van der Waals surface area (Å²) in [6.07, 6.45) is -0.516. The SMILES string of the molecule is Cc1ccc(SCc2c(C(C)C)cc(C(C)C)c(C(C)O)c2-c2ccc(C)cc2)cc1. The Hall–Kier alpha value is -2.03. The van der Waals surface area contributed by atoms with Gasteiger partial charge in [0.05, 0.1) is 6.10 Å². The van der Waals surface area contributed by atoms with E-state index >= 15 is 0 Å². The molecule has 1 nitrogen and oxygen atoms in total. The number of rotatable bonds is 7. The Morgan fingerprint density at radius 3 is 1.74 bits per heavy atom. The lowest BCUT2D eigenvalue weighted by atomic mass is 9.80. The number of hydrogen-bond donors (Lipinski definition) is 1. The number of aliphatic hydroxyl groups excluding tert-OH is 1. The molecule has 3 aromatic carbocycles. The second-order valence-corrected chi connectivity index (χ2v) is 10.3. The zero-order valence-electron chi connectivity index (χ0n) is 20.0. The molecule has 1 N–H and O–H groups in total. The molecule has 2 heteroatoms. The van der Waals surface area contributed by atoms with Crippen molar-refractivity contribution in [1.29, 1.82) is 0 Å². The van der Waals surface area contributed by atoms with E-state index in [1.807, 2.05) is 18.7 Å². The van der Waals surface area contributed by atoms with Crippen LogP contribution in [0.4, 0.5) is 0 Å². The molecule has 0 bridgehead atoms. The molecule has 1 atom stereocenters. The van der Waals surface area contributed by atoms with Gasteiger partial charge in [0, 0.05) is 10.6 Å². The Morgan fingerprint density at radius 1 is 0.742 bits per heavy atom. The topological polar surface area (TPSA) is 20.2 Å². The molecular formula is C29H36OS.